The molecule has 2 unspecified atom stereocenters. The molecule has 0 bridgehead atoms. The van der Waals surface area contributed by atoms with Crippen molar-refractivity contribution in [2.75, 3.05) is 5.75 Å². The van der Waals surface area contributed by atoms with Gasteiger partial charge in [-0.2, -0.15) is 0 Å². The van der Waals surface area contributed by atoms with Gasteiger partial charge in [-0.3, -0.25) is 4.90 Å². The molecule has 1 aliphatic heterocycles. The van der Waals surface area contributed by atoms with E-state index in [1.54, 1.807) is 16.7 Å². The summed E-state index contributed by atoms with van der Waals surface area (Å²) in [6, 6.07) is 10.1. The van der Waals surface area contributed by atoms with Crippen molar-refractivity contribution in [3.05, 3.63) is 48.6 Å². The zero-order valence-electron chi connectivity index (χ0n) is 12.2. The minimum absolute atomic E-state index is 0.00551. The molecule has 0 radical (unpaired) electrons. The fraction of sp³-hybridized carbons (Fsp3) is 0.438. The molecule has 20 heavy (non-hydrogen) atoms. The largest absolute Gasteiger partial charge is 0.444 e. The minimum Gasteiger partial charge on any atom is -0.444 e. The lowest BCUT2D eigenvalue weighted by atomic mass is 10.2. The molecule has 0 N–H and O–H groups in total. The molecule has 1 heterocycles. The van der Waals surface area contributed by atoms with E-state index in [0.717, 1.165) is 11.3 Å². The van der Waals surface area contributed by atoms with Crippen LogP contribution in [-0.4, -0.2) is 28.4 Å². The van der Waals surface area contributed by atoms with Crippen molar-refractivity contribution in [3.8, 4) is 0 Å². The lowest BCUT2D eigenvalue weighted by molar-refractivity contribution is 0.0208. The Morgan fingerprint density at radius 1 is 1.40 bits per heavy atom. The van der Waals surface area contributed by atoms with Crippen LogP contribution in [0.2, 0.25) is 0 Å². The molecule has 1 aliphatic rings. The maximum absolute atomic E-state index is 12.5. The highest BCUT2D eigenvalue weighted by atomic mass is 32.2. The average Bonchev–Trinajstić information content (AvgIpc) is 2.81. The van der Waals surface area contributed by atoms with Crippen molar-refractivity contribution in [2.45, 2.75) is 37.8 Å². The Bertz CT molecular complexity index is 481. The molecule has 0 aliphatic carbocycles. The van der Waals surface area contributed by atoms with Gasteiger partial charge in [-0.15, -0.1) is 18.3 Å². The molecule has 1 amide bonds. The number of hydrogen-bond donors (Lipinski definition) is 0. The van der Waals surface area contributed by atoms with Crippen molar-refractivity contribution in [2.24, 2.45) is 0 Å². The first-order valence-corrected chi connectivity index (χ1v) is 7.77. The average molecular weight is 291 g/mol. The van der Waals surface area contributed by atoms with Gasteiger partial charge in [0.05, 0.1) is 6.04 Å². The fourth-order valence-electron chi connectivity index (χ4n) is 2.13. The van der Waals surface area contributed by atoms with Crippen molar-refractivity contribution < 1.29 is 9.53 Å². The molecule has 0 aromatic heterocycles. The van der Waals surface area contributed by atoms with Crippen LogP contribution in [0.25, 0.3) is 0 Å². The van der Waals surface area contributed by atoms with E-state index in [4.69, 9.17) is 4.74 Å². The molecular weight excluding hydrogens is 270 g/mol. The van der Waals surface area contributed by atoms with Gasteiger partial charge in [0.1, 0.15) is 11.0 Å². The second-order valence-electron chi connectivity index (χ2n) is 5.79. The van der Waals surface area contributed by atoms with Crippen LogP contribution in [0.4, 0.5) is 4.79 Å². The van der Waals surface area contributed by atoms with Gasteiger partial charge in [0.2, 0.25) is 0 Å². The zero-order chi connectivity index (χ0) is 14.8. The summed E-state index contributed by atoms with van der Waals surface area (Å²) < 4.78 is 5.53. The smallest absolute Gasteiger partial charge is 0.411 e. The monoisotopic (exact) mass is 291 g/mol. The van der Waals surface area contributed by atoms with Crippen molar-refractivity contribution in [3.63, 3.8) is 0 Å². The van der Waals surface area contributed by atoms with E-state index >= 15 is 0 Å². The maximum Gasteiger partial charge on any atom is 0.411 e. The summed E-state index contributed by atoms with van der Waals surface area (Å²) in [5.74, 6) is 0.850. The van der Waals surface area contributed by atoms with Crippen LogP contribution in [0.1, 0.15) is 31.7 Å². The molecule has 2 atom stereocenters. The number of benzene rings is 1. The Balaban J connectivity index is 2.24. The van der Waals surface area contributed by atoms with Gasteiger partial charge in [0, 0.05) is 5.75 Å². The third-order valence-electron chi connectivity index (χ3n) is 3.00. The summed E-state index contributed by atoms with van der Waals surface area (Å²) in [6.07, 6.45) is 1.54. The van der Waals surface area contributed by atoms with Crippen molar-refractivity contribution >= 4 is 17.9 Å². The molecule has 108 valence electrons. The summed E-state index contributed by atoms with van der Waals surface area (Å²) in [4.78, 5) is 14.2. The summed E-state index contributed by atoms with van der Waals surface area (Å²) in [7, 11) is 0. The molecule has 1 fully saturated rings. The molecule has 1 saturated heterocycles. The lowest BCUT2D eigenvalue weighted by Gasteiger charge is -2.31. The van der Waals surface area contributed by atoms with Crippen LogP contribution in [0.3, 0.4) is 0 Å². The number of rotatable bonds is 2. The second kappa shape index (κ2) is 5.92. The normalized spacial score (nSPS) is 22.6. The Morgan fingerprint density at radius 3 is 2.60 bits per heavy atom. The predicted molar refractivity (Wildman–Crippen MR) is 83.7 cm³/mol. The predicted octanol–water partition coefficient (Wildman–Crippen LogP) is 4.22. The second-order valence-corrected chi connectivity index (χ2v) is 6.90. The highest BCUT2D eigenvalue weighted by molar-refractivity contribution is 7.99. The third-order valence-corrected chi connectivity index (χ3v) is 4.34. The number of carbonyl (C=O) groups is 1. The highest BCUT2D eigenvalue weighted by Gasteiger charge is 2.39. The highest BCUT2D eigenvalue weighted by Crippen LogP contribution is 2.42. The first kappa shape index (κ1) is 15.0. The number of thioether (sulfide) groups is 1. The molecular formula is C16H21NO2S. The molecule has 0 saturated carbocycles. The van der Waals surface area contributed by atoms with E-state index in [2.05, 4.69) is 6.58 Å². The molecule has 1 aromatic rings. The van der Waals surface area contributed by atoms with E-state index < -0.39 is 5.60 Å². The summed E-state index contributed by atoms with van der Waals surface area (Å²) >= 11 is 1.74. The van der Waals surface area contributed by atoms with E-state index in [1.807, 2.05) is 57.2 Å². The summed E-state index contributed by atoms with van der Waals surface area (Å²) in [5.41, 5.74) is 0.629. The van der Waals surface area contributed by atoms with E-state index in [-0.39, 0.29) is 17.5 Å². The Labute approximate surface area is 125 Å². The molecule has 3 nitrogen and oxygen atoms in total. The fourth-order valence-corrected chi connectivity index (χ4v) is 3.55. The molecule has 0 spiro atoms. The third kappa shape index (κ3) is 3.37. The van der Waals surface area contributed by atoms with Crippen LogP contribution < -0.4 is 0 Å². The first-order chi connectivity index (χ1) is 9.42. The Morgan fingerprint density at radius 2 is 2.05 bits per heavy atom. The number of carbonyl (C=O) groups excluding carboxylic acids is 1. The van der Waals surface area contributed by atoms with Gasteiger partial charge in [-0.05, 0) is 26.3 Å². The number of hydrogen-bond acceptors (Lipinski definition) is 3. The SMILES string of the molecule is C=CC1CSC(c2ccccc2)N1C(=O)OC(C)(C)C. The number of amides is 1. The topological polar surface area (TPSA) is 29.5 Å². The number of nitrogens with zero attached hydrogens (tertiary/aromatic N) is 1. The van der Waals surface area contributed by atoms with Gasteiger partial charge in [0.25, 0.3) is 0 Å². The van der Waals surface area contributed by atoms with Crippen LogP contribution in [0.5, 0.6) is 0 Å². The van der Waals surface area contributed by atoms with Gasteiger partial charge < -0.3 is 4.74 Å². The Hall–Kier alpha value is -1.42. The molecule has 1 aromatic carbocycles. The van der Waals surface area contributed by atoms with Crippen molar-refractivity contribution in [1.82, 2.24) is 4.90 Å². The van der Waals surface area contributed by atoms with Crippen molar-refractivity contribution in [1.29, 1.82) is 0 Å². The first-order valence-electron chi connectivity index (χ1n) is 6.73. The summed E-state index contributed by atoms with van der Waals surface area (Å²) in [5, 5.41) is -0.00551. The maximum atomic E-state index is 12.5. The van der Waals surface area contributed by atoms with Gasteiger partial charge in [-0.25, -0.2) is 4.79 Å². The van der Waals surface area contributed by atoms with Crippen LogP contribution in [0, 0.1) is 0 Å². The van der Waals surface area contributed by atoms with E-state index in [0.29, 0.717) is 0 Å². The molecule has 4 heteroatoms. The van der Waals surface area contributed by atoms with Crippen LogP contribution >= 0.6 is 11.8 Å². The van der Waals surface area contributed by atoms with Crippen LogP contribution in [0.15, 0.2) is 43.0 Å². The molecule has 2 rings (SSSR count). The Kier molecular flexibility index (Phi) is 4.43. The standard InChI is InChI=1S/C16H21NO2S/c1-5-13-11-20-14(12-9-7-6-8-10-12)17(13)15(18)19-16(2,3)4/h5-10,13-14H,1,11H2,2-4H3. The lowest BCUT2D eigenvalue weighted by Crippen LogP contribution is -2.40. The van der Waals surface area contributed by atoms with Gasteiger partial charge in [-0.1, -0.05) is 36.4 Å². The van der Waals surface area contributed by atoms with Crippen LogP contribution in [-0.2, 0) is 4.74 Å². The zero-order valence-corrected chi connectivity index (χ0v) is 13.0. The van der Waals surface area contributed by atoms with Gasteiger partial charge >= 0.3 is 6.09 Å². The summed E-state index contributed by atoms with van der Waals surface area (Å²) in [6.45, 7) is 9.49. The van der Waals surface area contributed by atoms with E-state index in [1.165, 1.54) is 0 Å². The number of ether oxygens (including phenoxy) is 1. The minimum atomic E-state index is -0.489. The van der Waals surface area contributed by atoms with Gasteiger partial charge in [0.15, 0.2) is 0 Å². The quantitative estimate of drug-likeness (QED) is 0.764. The van der Waals surface area contributed by atoms with E-state index in [9.17, 15) is 4.79 Å².